The van der Waals surface area contributed by atoms with E-state index in [4.69, 9.17) is 23.2 Å². The summed E-state index contributed by atoms with van der Waals surface area (Å²) in [5.41, 5.74) is 0.423. The van der Waals surface area contributed by atoms with Crippen molar-refractivity contribution in [3.8, 4) is 0 Å². The number of piperazine rings is 1. The van der Waals surface area contributed by atoms with Crippen LogP contribution in [0.4, 0.5) is 0 Å². The molecule has 144 valence electrons. The van der Waals surface area contributed by atoms with Gasteiger partial charge in [0.15, 0.2) is 0 Å². The van der Waals surface area contributed by atoms with Crippen LogP contribution in [0.3, 0.4) is 0 Å². The quantitative estimate of drug-likeness (QED) is 0.756. The standard InChI is InChI=1S/C17H23Cl2N3O3S/c18-15-11-14(12-16(19)13-15)17(23)20-7-9-22(10-8-20)26(24,25)21-5-3-1-2-4-6-21/h11-13H,1-10H2. The molecule has 0 saturated carbocycles. The number of rotatable bonds is 3. The summed E-state index contributed by atoms with van der Waals surface area (Å²) >= 11 is 11.9. The predicted molar refractivity (Wildman–Crippen MR) is 103 cm³/mol. The predicted octanol–water partition coefficient (Wildman–Crippen LogP) is 2.87. The third-order valence-corrected chi connectivity index (χ3v) is 7.32. The van der Waals surface area contributed by atoms with Crippen LogP contribution < -0.4 is 0 Å². The van der Waals surface area contributed by atoms with Crippen molar-refractivity contribution in [1.29, 1.82) is 0 Å². The zero-order chi connectivity index (χ0) is 18.7. The van der Waals surface area contributed by atoms with E-state index in [2.05, 4.69) is 0 Å². The average molecular weight is 420 g/mol. The molecule has 0 N–H and O–H groups in total. The zero-order valence-electron chi connectivity index (χ0n) is 14.5. The normalized spacial score (nSPS) is 20.8. The van der Waals surface area contributed by atoms with E-state index in [0.29, 0.717) is 54.9 Å². The topological polar surface area (TPSA) is 60.9 Å². The number of amides is 1. The van der Waals surface area contributed by atoms with Crippen LogP contribution in [-0.4, -0.2) is 67.1 Å². The second-order valence-corrected chi connectivity index (χ2v) is 9.47. The molecule has 1 aromatic carbocycles. The zero-order valence-corrected chi connectivity index (χ0v) is 16.9. The van der Waals surface area contributed by atoms with Crippen LogP contribution >= 0.6 is 23.2 Å². The van der Waals surface area contributed by atoms with Crippen molar-refractivity contribution >= 4 is 39.3 Å². The SMILES string of the molecule is O=C(c1cc(Cl)cc(Cl)c1)N1CCN(S(=O)(=O)N2CCCCCC2)CC1. The van der Waals surface area contributed by atoms with Crippen LogP contribution in [0.1, 0.15) is 36.0 Å². The maximum absolute atomic E-state index is 12.8. The number of hydrogen-bond donors (Lipinski definition) is 0. The lowest BCUT2D eigenvalue weighted by atomic mass is 10.2. The van der Waals surface area contributed by atoms with Gasteiger partial charge < -0.3 is 4.90 Å². The molecule has 26 heavy (non-hydrogen) atoms. The minimum absolute atomic E-state index is 0.179. The lowest BCUT2D eigenvalue weighted by molar-refractivity contribution is 0.0694. The third-order valence-electron chi connectivity index (χ3n) is 4.85. The highest BCUT2D eigenvalue weighted by Crippen LogP contribution is 2.22. The van der Waals surface area contributed by atoms with Gasteiger partial charge in [0.2, 0.25) is 0 Å². The maximum Gasteiger partial charge on any atom is 0.282 e. The van der Waals surface area contributed by atoms with E-state index in [9.17, 15) is 13.2 Å². The molecule has 2 heterocycles. The van der Waals surface area contributed by atoms with Crippen LogP contribution in [-0.2, 0) is 10.2 Å². The summed E-state index contributed by atoms with van der Waals surface area (Å²) in [6, 6.07) is 4.73. The first kappa shape index (κ1) is 19.9. The fourth-order valence-electron chi connectivity index (χ4n) is 3.42. The van der Waals surface area contributed by atoms with Crippen molar-refractivity contribution in [2.75, 3.05) is 39.3 Å². The summed E-state index contributed by atoms with van der Waals surface area (Å²) in [5, 5.41) is 0.812. The molecule has 2 saturated heterocycles. The molecule has 2 fully saturated rings. The van der Waals surface area contributed by atoms with E-state index in [-0.39, 0.29) is 5.91 Å². The highest BCUT2D eigenvalue weighted by atomic mass is 35.5. The first-order chi connectivity index (χ1) is 12.4. The van der Waals surface area contributed by atoms with Crippen molar-refractivity contribution in [2.45, 2.75) is 25.7 Å². The molecular weight excluding hydrogens is 397 g/mol. The van der Waals surface area contributed by atoms with E-state index < -0.39 is 10.2 Å². The highest BCUT2D eigenvalue weighted by Gasteiger charge is 2.33. The number of benzene rings is 1. The average Bonchev–Trinajstić information content (AvgIpc) is 2.90. The van der Waals surface area contributed by atoms with E-state index in [1.54, 1.807) is 27.4 Å². The molecule has 0 atom stereocenters. The summed E-state index contributed by atoms with van der Waals surface area (Å²) in [4.78, 5) is 14.3. The molecule has 6 nitrogen and oxygen atoms in total. The number of carbonyl (C=O) groups excluding carboxylic acids is 1. The smallest absolute Gasteiger partial charge is 0.282 e. The molecular formula is C17H23Cl2N3O3S. The van der Waals surface area contributed by atoms with Crippen molar-refractivity contribution in [1.82, 2.24) is 13.5 Å². The van der Waals surface area contributed by atoms with Crippen LogP contribution in [0.25, 0.3) is 0 Å². The van der Waals surface area contributed by atoms with Crippen molar-refractivity contribution in [3.05, 3.63) is 33.8 Å². The molecule has 9 heteroatoms. The summed E-state index contributed by atoms with van der Waals surface area (Å²) in [7, 11) is -3.45. The van der Waals surface area contributed by atoms with E-state index in [0.717, 1.165) is 25.7 Å². The van der Waals surface area contributed by atoms with Crippen molar-refractivity contribution in [3.63, 3.8) is 0 Å². The summed E-state index contributed by atoms with van der Waals surface area (Å²) in [6.45, 7) is 2.49. The van der Waals surface area contributed by atoms with Crippen molar-refractivity contribution in [2.24, 2.45) is 0 Å². The number of nitrogens with zero attached hydrogens (tertiary/aromatic N) is 3. The Kier molecular flexibility index (Phi) is 6.45. The third kappa shape index (κ3) is 4.51. The Balaban J connectivity index is 1.64. The molecule has 0 aromatic heterocycles. The van der Waals surface area contributed by atoms with Gasteiger partial charge in [0, 0.05) is 54.9 Å². The summed E-state index contributed by atoms with van der Waals surface area (Å²) < 4.78 is 28.8. The largest absolute Gasteiger partial charge is 0.336 e. The fourth-order valence-corrected chi connectivity index (χ4v) is 5.61. The minimum Gasteiger partial charge on any atom is -0.336 e. The second kappa shape index (κ2) is 8.44. The van der Waals surface area contributed by atoms with E-state index in [1.165, 1.54) is 4.31 Å². The van der Waals surface area contributed by atoms with Gasteiger partial charge in [-0.05, 0) is 31.0 Å². The Labute approximate surface area is 164 Å². The Morgan fingerprint density at radius 3 is 1.81 bits per heavy atom. The molecule has 0 spiro atoms. The number of carbonyl (C=O) groups is 1. The summed E-state index contributed by atoms with van der Waals surface area (Å²) in [5.74, 6) is -0.179. The Morgan fingerprint density at radius 2 is 1.27 bits per heavy atom. The molecule has 0 radical (unpaired) electrons. The Hall–Kier alpha value is -0.860. The van der Waals surface area contributed by atoms with Crippen LogP contribution in [0, 0.1) is 0 Å². The van der Waals surface area contributed by atoms with Gasteiger partial charge >= 0.3 is 0 Å². The van der Waals surface area contributed by atoms with Gasteiger partial charge in [-0.1, -0.05) is 36.0 Å². The van der Waals surface area contributed by atoms with Gasteiger partial charge in [0.25, 0.3) is 16.1 Å². The monoisotopic (exact) mass is 419 g/mol. The second-order valence-electron chi connectivity index (χ2n) is 6.67. The van der Waals surface area contributed by atoms with Gasteiger partial charge in [0.1, 0.15) is 0 Å². The van der Waals surface area contributed by atoms with Gasteiger partial charge in [-0.25, -0.2) is 0 Å². The minimum atomic E-state index is -3.45. The highest BCUT2D eigenvalue weighted by molar-refractivity contribution is 7.86. The van der Waals surface area contributed by atoms with Gasteiger partial charge in [-0.15, -0.1) is 0 Å². The molecule has 2 aliphatic heterocycles. The van der Waals surface area contributed by atoms with Gasteiger partial charge in [-0.2, -0.15) is 17.0 Å². The maximum atomic E-state index is 12.8. The summed E-state index contributed by atoms with van der Waals surface area (Å²) in [6.07, 6.45) is 3.98. The Morgan fingerprint density at radius 1 is 0.769 bits per heavy atom. The van der Waals surface area contributed by atoms with Gasteiger partial charge in [-0.3, -0.25) is 4.79 Å². The van der Waals surface area contributed by atoms with Crippen molar-refractivity contribution < 1.29 is 13.2 Å². The number of hydrogen-bond acceptors (Lipinski definition) is 3. The molecule has 0 unspecified atom stereocenters. The van der Waals surface area contributed by atoms with Gasteiger partial charge in [0.05, 0.1) is 0 Å². The van der Waals surface area contributed by atoms with Crippen LogP contribution in [0.5, 0.6) is 0 Å². The lowest BCUT2D eigenvalue weighted by Crippen LogP contribution is -2.54. The van der Waals surface area contributed by atoms with Crippen LogP contribution in [0.15, 0.2) is 18.2 Å². The Bertz CT molecular complexity index is 736. The first-order valence-corrected chi connectivity index (χ1v) is 11.0. The first-order valence-electron chi connectivity index (χ1n) is 8.88. The molecule has 1 amide bonds. The van der Waals surface area contributed by atoms with E-state index in [1.807, 2.05) is 0 Å². The van der Waals surface area contributed by atoms with E-state index >= 15 is 0 Å². The molecule has 2 aliphatic rings. The molecule has 0 bridgehead atoms. The molecule has 0 aliphatic carbocycles. The fraction of sp³-hybridized carbons (Fsp3) is 0.588. The van der Waals surface area contributed by atoms with Crippen LogP contribution in [0.2, 0.25) is 10.0 Å². The number of halogens is 2. The lowest BCUT2D eigenvalue weighted by Gasteiger charge is -2.36. The molecule has 3 rings (SSSR count). The molecule has 1 aromatic rings.